The van der Waals surface area contributed by atoms with Crippen LogP contribution in [0.2, 0.25) is 0 Å². The van der Waals surface area contributed by atoms with Crippen LogP contribution in [0.15, 0.2) is 40.9 Å². The van der Waals surface area contributed by atoms with Gasteiger partial charge >= 0.3 is 5.97 Å². The highest BCUT2D eigenvalue weighted by atomic mass is 19.1. The van der Waals surface area contributed by atoms with Crippen molar-refractivity contribution in [3.63, 3.8) is 0 Å². The summed E-state index contributed by atoms with van der Waals surface area (Å²) in [7, 11) is 0. The van der Waals surface area contributed by atoms with Crippen LogP contribution in [0.3, 0.4) is 0 Å². The Labute approximate surface area is 201 Å². The lowest BCUT2D eigenvalue weighted by Crippen LogP contribution is -2.48. The van der Waals surface area contributed by atoms with E-state index < -0.39 is 29.3 Å². The van der Waals surface area contributed by atoms with Gasteiger partial charge in [-0.05, 0) is 81.1 Å². The number of aromatic nitrogens is 2. The summed E-state index contributed by atoms with van der Waals surface area (Å²) in [5, 5.41) is 12.6. The molecule has 184 valence electrons. The van der Waals surface area contributed by atoms with Crippen molar-refractivity contribution in [1.29, 1.82) is 0 Å². The van der Waals surface area contributed by atoms with Gasteiger partial charge < -0.3 is 9.63 Å². The van der Waals surface area contributed by atoms with Crippen LogP contribution in [-0.4, -0.2) is 44.4 Å². The van der Waals surface area contributed by atoms with Crippen molar-refractivity contribution in [2.24, 2.45) is 0 Å². The van der Waals surface area contributed by atoms with Crippen LogP contribution >= 0.6 is 0 Å². The predicted octanol–water partition coefficient (Wildman–Crippen LogP) is 5.51. The number of aryl methyl sites for hydroxylation is 1. The van der Waals surface area contributed by atoms with Crippen molar-refractivity contribution in [2.75, 3.05) is 6.54 Å². The first-order valence-corrected chi connectivity index (χ1v) is 11.2. The van der Waals surface area contributed by atoms with Gasteiger partial charge in [0.25, 0.3) is 5.89 Å². The fourth-order valence-corrected chi connectivity index (χ4v) is 4.60. The van der Waals surface area contributed by atoms with Crippen molar-refractivity contribution >= 4 is 12.0 Å². The van der Waals surface area contributed by atoms with Gasteiger partial charge in [-0.2, -0.15) is 4.98 Å². The molecule has 35 heavy (non-hydrogen) atoms. The molecule has 0 aliphatic carbocycles. The summed E-state index contributed by atoms with van der Waals surface area (Å²) in [5.74, 6) is -2.07. The van der Waals surface area contributed by atoms with E-state index >= 15 is 8.78 Å². The fourth-order valence-electron chi connectivity index (χ4n) is 4.60. The summed E-state index contributed by atoms with van der Waals surface area (Å²) in [5.41, 5.74) is 0.439. The van der Waals surface area contributed by atoms with Crippen molar-refractivity contribution in [1.82, 2.24) is 15.0 Å². The zero-order chi connectivity index (χ0) is 25.5. The highest BCUT2D eigenvalue weighted by molar-refractivity contribution is 5.85. The Morgan fingerprint density at radius 2 is 1.94 bits per heavy atom. The molecule has 9 heteroatoms. The van der Waals surface area contributed by atoms with Gasteiger partial charge in [0.15, 0.2) is 5.82 Å². The largest absolute Gasteiger partial charge is 0.478 e. The molecule has 2 atom stereocenters. The van der Waals surface area contributed by atoms with E-state index in [1.54, 1.807) is 24.0 Å². The van der Waals surface area contributed by atoms with Crippen LogP contribution in [0.1, 0.15) is 54.9 Å². The van der Waals surface area contributed by atoms with Crippen LogP contribution in [0, 0.1) is 18.6 Å². The van der Waals surface area contributed by atoms with Crippen LogP contribution in [-0.2, 0) is 11.2 Å². The third-order valence-electron chi connectivity index (χ3n) is 5.98. The summed E-state index contributed by atoms with van der Waals surface area (Å²) < 4.78 is 50.9. The number of carboxylic acids is 1. The first kappa shape index (κ1) is 24.7. The summed E-state index contributed by atoms with van der Waals surface area (Å²) >= 11 is 0. The lowest BCUT2D eigenvalue weighted by Gasteiger charge is -2.44. The molecule has 6 nitrogen and oxygen atoms in total. The highest BCUT2D eigenvalue weighted by Crippen LogP contribution is 2.42. The molecule has 4 rings (SSSR count). The third kappa shape index (κ3) is 5.30. The molecule has 2 heterocycles. The molecule has 0 radical (unpaired) electrons. The van der Waals surface area contributed by atoms with Crippen LogP contribution < -0.4 is 0 Å². The molecule has 1 aliphatic heterocycles. The molecule has 0 spiro atoms. The Hall–Kier alpha value is -3.46. The van der Waals surface area contributed by atoms with Crippen LogP contribution in [0.5, 0.6) is 0 Å². The van der Waals surface area contributed by atoms with Gasteiger partial charge in [-0.15, -0.1) is 0 Å². The number of benzene rings is 2. The van der Waals surface area contributed by atoms with Gasteiger partial charge in [-0.25, -0.2) is 18.0 Å². The molecule has 0 fully saturated rings. The maximum Gasteiger partial charge on any atom is 0.328 e. The van der Waals surface area contributed by atoms with Gasteiger partial charge in [0.2, 0.25) is 0 Å². The second kappa shape index (κ2) is 9.30. The molecule has 2 aromatic carbocycles. The number of hydrogen-bond acceptors (Lipinski definition) is 5. The topological polar surface area (TPSA) is 79.5 Å². The van der Waals surface area contributed by atoms with E-state index in [-0.39, 0.29) is 23.7 Å². The Morgan fingerprint density at radius 3 is 2.51 bits per heavy atom. The van der Waals surface area contributed by atoms with Gasteiger partial charge in [0.05, 0.1) is 6.04 Å². The molecule has 0 amide bonds. The normalized spacial score (nSPS) is 18.7. The third-order valence-corrected chi connectivity index (χ3v) is 5.98. The van der Waals surface area contributed by atoms with E-state index in [2.05, 4.69) is 10.1 Å². The van der Waals surface area contributed by atoms with Crippen molar-refractivity contribution in [2.45, 2.75) is 51.9 Å². The Balaban J connectivity index is 1.86. The summed E-state index contributed by atoms with van der Waals surface area (Å²) in [6.45, 7) is 6.42. The summed E-state index contributed by atoms with van der Waals surface area (Å²) in [4.78, 5) is 16.8. The minimum Gasteiger partial charge on any atom is -0.478 e. The number of halogens is 3. The molecule has 0 bridgehead atoms. The molecule has 1 aromatic heterocycles. The first-order chi connectivity index (χ1) is 16.4. The monoisotopic (exact) mass is 485 g/mol. The van der Waals surface area contributed by atoms with Crippen LogP contribution in [0.25, 0.3) is 17.5 Å². The van der Waals surface area contributed by atoms with Gasteiger partial charge in [0.1, 0.15) is 17.3 Å². The minimum atomic E-state index is -1.61. The number of fused-ring (bicyclic) bond motifs is 1. The number of alkyl halides is 1. The minimum absolute atomic E-state index is 0.0393. The molecule has 1 N–H and O–H groups in total. The zero-order valence-electron chi connectivity index (χ0n) is 19.8. The zero-order valence-corrected chi connectivity index (χ0v) is 19.8. The number of hydrogen-bond donors (Lipinski definition) is 1. The van der Waals surface area contributed by atoms with Crippen molar-refractivity contribution in [3.8, 4) is 11.5 Å². The molecule has 1 aliphatic rings. The van der Waals surface area contributed by atoms with Crippen molar-refractivity contribution < 1.29 is 27.6 Å². The second-order valence-electron chi connectivity index (χ2n) is 9.48. The molecule has 0 saturated heterocycles. The number of aliphatic carboxylic acids is 1. The quantitative estimate of drug-likeness (QED) is 0.464. The van der Waals surface area contributed by atoms with Crippen molar-refractivity contribution in [3.05, 3.63) is 76.1 Å². The average molecular weight is 486 g/mol. The number of carboxylic acid groups (broad SMARTS) is 1. The molecule has 0 unspecified atom stereocenters. The lowest BCUT2D eigenvalue weighted by atomic mass is 9.83. The average Bonchev–Trinajstić information content (AvgIpc) is 3.19. The Morgan fingerprint density at radius 1 is 1.26 bits per heavy atom. The van der Waals surface area contributed by atoms with E-state index in [0.29, 0.717) is 29.3 Å². The predicted molar refractivity (Wildman–Crippen MR) is 124 cm³/mol. The summed E-state index contributed by atoms with van der Waals surface area (Å²) in [6, 6.07) is 6.43. The number of carbonyl (C=O) groups is 1. The molecule has 3 aromatic rings. The van der Waals surface area contributed by atoms with Crippen LogP contribution in [0.4, 0.5) is 13.2 Å². The van der Waals surface area contributed by atoms with Gasteiger partial charge in [-0.1, -0.05) is 11.2 Å². The number of rotatable bonds is 6. The van der Waals surface area contributed by atoms with E-state index in [9.17, 15) is 9.18 Å². The van der Waals surface area contributed by atoms with E-state index in [0.717, 1.165) is 29.8 Å². The Kier molecular flexibility index (Phi) is 6.55. The van der Waals surface area contributed by atoms with E-state index in [1.807, 2.05) is 13.0 Å². The maximum atomic E-state index is 15.4. The van der Waals surface area contributed by atoms with E-state index in [1.165, 1.54) is 13.8 Å². The molecule has 0 saturated carbocycles. The van der Waals surface area contributed by atoms with Gasteiger partial charge in [0, 0.05) is 29.8 Å². The SMILES string of the molecule is Cc1noc(-c2ccc3c(c2)C[C@@H](C)N(CC(C)(C)F)[C@@H]3c2c(F)cc(/C=C/C(=O)O)cc2F)n1. The van der Waals surface area contributed by atoms with Gasteiger partial charge in [-0.3, -0.25) is 4.90 Å². The highest BCUT2D eigenvalue weighted by Gasteiger charge is 2.39. The molecular weight excluding hydrogens is 459 g/mol. The van der Waals surface area contributed by atoms with E-state index in [4.69, 9.17) is 9.63 Å². The Bertz CT molecular complexity index is 1270. The first-order valence-electron chi connectivity index (χ1n) is 11.2. The second-order valence-corrected chi connectivity index (χ2v) is 9.48. The lowest BCUT2D eigenvalue weighted by molar-refractivity contribution is -0.131. The fraction of sp³-hybridized carbons (Fsp3) is 0.346. The number of nitrogens with zero attached hydrogens (tertiary/aromatic N) is 3. The maximum absolute atomic E-state index is 15.4. The molecular formula is C26H26F3N3O3. The summed E-state index contributed by atoms with van der Waals surface area (Å²) in [6.07, 6.45) is 2.47. The smallest absolute Gasteiger partial charge is 0.328 e. The standard InChI is InChI=1S/C26H26F3N3O3/c1-14-9-18-12-17(25-30-15(2)31-35-25)6-7-19(18)24(32(14)13-26(3,4)29)23-20(27)10-16(11-21(23)28)5-8-22(33)34/h5-8,10-12,14,24H,9,13H2,1-4H3,(H,33,34)/b8-5+/t14-,24+/m1/s1.